The number of hydrogen-bond donors (Lipinski definition) is 0. The molecule has 3 heteroatoms. The van der Waals surface area contributed by atoms with E-state index in [4.69, 9.17) is 4.74 Å². The van der Waals surface area contributed by atoms with E-state index in [0.29, 0.717) is 0 Å². The Balaban J connectivity index is 2.31. The first-order chi connectivity index (χ1) is 7.70. The molecule has 1 aromatic heterocycles. The van der Waals surface area contributed by atoms with Crippen molar-refractivity contribution < 1.29 is 9.53 Å². The van der Waals surface area contributed by atoms with Crippen LogP contribution in [-0.4, -0.2) is 27.6 Å². The van der Waals surface area contributed by atoms with E-state index < -0.39 is 0 Å². The summed E-state index contributed by atoms with van der Waals surface area (Å²) in [5, 5.41) is 0. The van der Waals surface area contributed by atoms with Gasteiger partial charge in [-0.25, -0.2) is 0 Å². The molecule has 0 fully saturated rings. The number of esters is 1. The molecule has 0 aliphatic heterocycles. The van der Waals surface area contributed by atoms with Crippen LogP contribution in [0.5, 0.6) is 0 Å². The van der Waals surface area contributed by atoms with Crippen LogP contribution in [0.15, 0.2) is 36.4 Å². The predicted octanol–water partition coefficient (Wildman–Crippen LogP) is 2.51. The van der Waals surface area contributed by atoms with Crippen LogP contribution in [0.1, 0.15) is 14.8 Å². The van der Waals surface area contributed by atoms with Gasteiger partial charge in [0.1, 0.15) is 0 Å². The predicted molar refractivity (Wildman–Crippen MR) is 64.9 cm³/mol. The number of benzene rings is 1. The van der Waals surface area contributed by atoms with E-state index in [2.05, 4.69) is 31.2 Å². The van der Waals surface area contributed by atoms with Gasteiger partial charge in [-0.1, -0.05) is 0 Å². The molecule has 1 aromatic carbocycles. The second kappa shape index (κ2) is 4.69. The fourth-order valence-electron chi connectivity index (χ4n) is 1.42. The maximum absolute atomic E-state index is 11.3. The molecule has 0 aliphatic rings. The molecule has 0 saturated carbocycles. The molecular weight excluding hydrogens is 267 g/mol. The standard InChI is InChI=1S/C13H12O2Se/c1-9-3-5-10(6-4-9)11-7-8-12(16-11)13(14)15-2/h3-8H,1-2H3. The van der Waals surface area contributed by atoms with Gasteiger partial charge in [0.25, 0.3) is 0 Å². The zero-order valence-corrected chi connectivity index (χ0v) is 10.9. The Morgan fingerprint density at radius 1 is 1.12 bits per heavy atom. The average Bonchev–Trinajstić information content (AvgIpc) is 2.78. The third-order valence-corrected chi connectivity index (χ3v) is 4.67. The van der Waals surface area contributed by atoms with Gasteiger partial charge in [-0.15, -0.1) is 0 Å². The van der Waals surface area contributed by atoms with Crippen LogP contribution in [0, 0.1) is 6.92 Å². The fourth-order valence-corrected chi connectivity index (χ4v) is 3.37. The van der Waals surface area contributed by atoms with E-state index >= 15 is 0 Å². The van der Waals surface area contributed by atoms with Crippen LogP contribution < -0.4 is 0 Å². The van der Waals surface area contributed by atoms with Crippen molar-refractivity contribution >= 4 is 20.5 Å². The van der Waals surface area contributed by atoms with Gasteiger partial charge in [0, 0.05) is 0 Å². The first-order valence-electron chi connectivity index (χ1n) is 4.96. The molecule has 0 spiro atoms. The van der Waals surface area contributed by atoms with E-state index in [9.17, 15) is 4.79 Å². The molecule has 0 amide bonds. The molecule has 2 aromatic rings. The first-order valence-corrected chi connectivity index (χ1v) is 6.67. The van der Waals surface area contributed by atoms with E-state index in [0.717, 1.165) is 4.44 Å². The third-order valence-electron chi connectivity index (χ3n) is 2.33. The summed E-state index contributed by atoms with van der Waals surface area (Å²) in [5.74, 6) is -0.210. The number of carbonyl (C=O) groups is 1. The molecule has 0 radical (unpaired) electrons. The summed E-state index contributed by atoms with van der Waals surface area (Å²) in [6.45, 7) is 2.07. The first kappa shape index (κ1) is 11.2. The SMILES string of the molecule is COC(=O)c1ccc(-c2ccc(C)cc2)[se]1. The number of rotatable bonds is 2. The number of methoxy groups -OCH3 is 1. The average molecular weight is 279 g/mol. The Kier molecular flexibility index (Phi) is 3.28. The molecule has 0 N–H and O–H groups in total. The minimum atomic E-state index is -0.210. The van der Waals surface area contributed by atoms with Crippen LogP contribution in [-0.2, 0) is 4.74 Å². The van der Waals surface area contributed by atoms with Gasteiger partial charge in [0.2, 0.25) is 0 Å². The number of carbonyl (C=O) groups excluding carboxylic acids is 1. The van der Waals surface area contributed by atoms with E-state index in [1.54, 1.807) is 0 Å². The van der Waals surface area contributed by atoms with Crippen LogP contribution in [0.3, 0.4) is 0 Å². The molecule has 0 aliphatic carbocycles. The minimum absolute atomic E-state index is 0.0718. The number of aryl methyl sites for hydroxylation is 1. The zero-order valence-electron chi connectivity index (χ0n) is 9.19. The van der Waals surface area contributed by atoms with Gasteiger partial charge in [-0.2, -0.15) is 0 Å². The van der Waals surface area contributed by atoms with Crippen LogP contribution in [0.4, 0.5) is 0 Å². The van der Waals surface area contributed by atoms with Crippen molar-refractivity contribution in [2.24, 2.45) is 0 Å². The topological polar surface area (TPSA) is 26.3 Å². The molecule has 0 saturated heterocycles. The molecule has 16 heavy (non-hydrogen) atoms. The van der Waals surface area contributed by atoms with Gasteiger partial charge in [-0.3, -0.25) is 0 Å². The monoisotopic (exact) mass is 280 g/mol. The van der Waals surface area contributed by atoms with Gasteiger partial charge in [0.15, 0.2) is 0 Å². The third kappa shape index (κ3) is 2.26. The molecule has 2 rings (SSSR count). The summed E-state index contributed by atoms with van der Waals surface area (Å²) in [7, 11) is 1.42. The van der Waals surface area contributed by atoms with E-state index in [1.807, 2.05) is 12.1 Å². The second-order valence-corrected chi connectivity index (χ2v) is 5.80. The molecule has 1 heterocycles. The van der Waals surface area contributed by atoms with E-state index in [-0.39, 0.29) is 20.5 Å². The molecular formula is C13H12O2Se. The fraction of sp³-hybridized carbons (Fsp3) is 0.154. The maximum atomic E-state index is 11.3. The summed E-state index contributed by atoms with van der Waals surface area (Å²) in [6, 6.07) is 12.2. The number of ether oxygens (including phenoxy) is 1. The van der Waals surface area contributed by atoms with Crippen molar-refractivity contribution in [2.45, 2.75) is 6.92 Å². The molecule has 0 unspecified atom stereocenters. The zero-order chi connectivity index (χ0) is 11.5. The second-order valence-electron chi connectivity index (χ2n) is 3.52. The normalized spacial score (nSPS) is 10.1. The van der Waals surface area contributed by atoms with Gasteiger partial charge in [-0.05, 0) is 0 Å². The molecule has 0 bridgehead atoms. The molecule has 82 valence electrons. The van der Waals surface area contributed by atoms with E-state index in [1.165, 1.54) is 22.7 Å². The Hall–Kier alpha value is -1.31. The molecule has 2 nitrogen and oxygen atoms in total. The van der Waals surface area contributed by atoms with Gasteiger partial charge in [0.05, 0.1) is 0 Å². The molecule has 0 atom stereocenters. The van der Waals surface area contributed by atoms with Crippen molar-refractivity contribution in [1.29, 1.82) is 0 Å². The summed E-state index contributed by atoms with van der Waals surface area (Å²) >= 11 is 0.0718. The number of hydrogen-bond acceptors (Lipinski definition) is 2. The van der Waals surface area contributed by atoms with Crippen molar-refractivity contribution in [2.75, 3.05) is 7.11 Å². The van der Waals surface area contributed by atoms with Crippen molar-refractivity contribution in [1.82, 2.24) is 0 Å². The summed E-state index contributed by atoms with van der Waals surface area (Å²) in [5.41, 5.74) is 2.44. The van der Waals surface area contributed by atoms with Crippen LogP contribution in [0.25, 0.3) is 10.0 Å². The summed E-state index contributed by atoms with van der Waals surface area (Å²) in [4.78, 5) is 11.3. The summed E-state index contributed by atoms with van der Waals surface area (Å²) < 4.78 is 6.72. The van der Waals surface area contributed by atoms with Crippen molar-refractivity contribution in [3.8, 4) is 10.0 Å². The van der Waals surface area contributed by atoms with Gasteiger partial charge >= 0.3 is 100 Å². The van der Waals surface area contributed by atoms with Crippen LogP contribution in [0.2, 0.25) is 0 Å². The Morgan fingerprint density at radius 3 is 2.44 bits per heavy atom. The Morgan fingerprint density at radius 2 is 1.81 bits per heavy atom. The Labute approximate surface area is 101 Å². The van der Waals surface area contributed by atoms with Crippen LogP contribution >= 0.6 is 0 Å². The Bertz CT molecular complexity index is 497. The summed E-state index contributed by atoms with van der Waals surface area (Å²) in [6.07, 6.45) is 0. The van der Waals surface area contributed by atoms with Crippen molar-refractivity contribution in [3.63, 3.8) is 0 Å². The van der Waals surface area contributed by atoms with Crippen molar-refractivity contribution in [3.05, 3.63) is 46.4 Å². The van der Waals surface area contributed by atoms with Gasteiger partial charge < -0.3 is 0 Å². The quantitative estimate of drug-likeness (QED) is 0.623.